The third-order valence-corrected chi connectivity index (χ3v) is 4.78. The molecule has 20 heavy (non-hydrogen) atoms. The molecule has 0 aliphatic rings. The van der Waals surface area contributed by atoms with Crippen molar-refractivity contribution in [3.8, 4) is 9.88 Å². The molecule has 3 aromatic rings. The number of carbonyl (C=O) groups excluding carboxylic acids is 1. The van der Waals surface area contributed by atoms with Crippen LogP contribution in [0.1, 0.15) is 10.5 Å². The third-order valence-electron chi connectivity index (χ3n) is 2.90. The van der Waals surface area contributed by atoms with Gasteiger partial charge in [-0.15, -0.1) is 22.7 Å². The van der Waals surface area contributed by atoms with Gasteiger partial charge in [0.1, 0.15) is 10.7 Å². The third kappa shape index (κ3) is 2.50. The van der Waals surface area contributed by atoms with Crippen molar-refractivity contribution in [3.63, 3.8) is 0 Å². The second-order valence-corrected chi connectivity index (χ2v) is 6.02. The van der Waals surface area contributed by atoms with E-state index in [1.54, 1.807) is 23.3 Å². The predicted molar refractivity (Wildman–Crippen MR) is 84.6 cm³/mol. The first kappa shape index (κ1) is 13.0. The highest BCUT2D eigenvalue weighted by molar-refractivity contribution is 7.20. The maximum absolute atomic E-state index is 12.4. The number of carbonyl (C=O) groups is 1. The van der Waals surface area contributed by atoms with Gasteiger partial charge in [0.15, 0.2) is 0 Å². The molecule has 0 saturated carbocycles. The van der Waals surface area contributed by atoms with Crippen molar-refractivity contribution in [2.75, 3.05) is 11.9 Å². The number of thiophene rings is 1. The van der Waals surface area contributed by atoms with E-state index in [4.69, 9.17) is 0 Å². The summed E-state index contributed by atoms with van der Waals surface area (Å²) in [7, 11) is 1.77. The van der Waals surface area contributed by atoms with E-state index in [0.717, 1.165) is 15.6 Å². The topological polar surface area (TPSA) is 33.2 Å². The fraction of sp³-hybridized carbons (Fsp3) is 0.0667. The van der Waals surface area contributed by atoms with Crippen LogP contribution in [0.4, 0.5) is 5.69 Å². The van der Waals surface area contributed by atoms with Crippen LogP contribution in [0.3, 0.4) is 0 Å². The molecule has 0 spiro atoms. The second-order valence-electron chi connectivity index (χ2n) is 4.21. The molecule has 0 bridgehead atoms. The second kappa shape index (κ2) is 5.56. The first-order valence-electron chi connectivity index (χ1n) is 6.08. The monoisotopic (exact) mass is 300 g/mol. The highest BCUT2D eigenvalue weighted by atomic mass is 32.1. The van der Waals surface area contributed by atoms with E-state index < -0.39 is 0 Å². The summed E-state index contributed by atoms with van der Waals surface area (Å²) in [6, 6.07) is 13.6. The molecule has 1 aromatic carbocycles. The zero-order valence-corrected chi connectivity index (χ0v) is 12.4. The molecule has 3 rings (SSSR count). The molecule has 100 valence electrons. The van der Waals surface area contributed by atoms with Crippen molar-refractivity contribution in [3.05, 3.63) is 58.9 Å². The van der Waals surface area contributed by atoms with E-state index in [1.807, 2.05) is 53.2 Å². The predicted octanol–water partition coefficient (Wildman–Crippen LogP) is 4.15. The Morgan fingerprint density at radius 1 is 1.10 bits per heavy atom. The van der Waals surface area contributed by atoms with Crippen LogP contribution in [-0.4, -0.2) is 17.9 Å². The zero-order valence-electron chi connectivity index (χ0n) is 10.8. The first-order chi connectivity index (χ1) is 9.75. The van der Waals surface area contributed by atoms with Crippen LogP contribution in [0.25, 0.3) is 9.88 Å². The Bertz CT molecular complexity index is 705. The molecule has 0 radical (unpaired) electrons. The SMILES string of the molecule is CN(C(=O)c1csc(-c2cccs2)n1)c1ccccc1. The maximum Gasteiger partial charge on any atom is 0.277 e. The summed E-state index contributed by atoms with van der Waals surface area (Å²) in [5, 5.41) is 4.72. The molecular weight excluding hydrogens is 288 g/mol. The van der Waals surface area contributed by atoms with E-state index in [0.29, 0.717) is 5.69 Å². The number of para-hydroxylation sites is 1. The molecule has 0 unspecified atom stereocenters. The quantitative estimate of drug-likeness (QED) is 0.728. The normalized spacial score (nSPS) is 10.4. The molecule has 5 heteroatoms. The summed E-state index contributed by atoms with van der Waals surface area (Å²) in [6.07, 6.45) is 0. The van der Waals surface area contributed by atoms with Crippen molar-refractivity contribution in [1.82, 2.24) is 4.98 Å². The Balaban J connectivity index is 1.85. The lowest BCUT2D eigenvalue weighted by molar-refractivity contribution is 0.0989. The van der Waals surface area contributed by atoms with Crippen molar-refractivity contribution in [2.45, 2.75) is 0 Å². The molecule has 3 nitrogen and oxygen atoms in total. The van der Waals surface area contributed by atoms with E-state index in [1.165, 1.54) is 11.3 Å². The Labute approximate surface area is 125 Å². The van der Waals surface area contributed by atoms with Gasteiger partial charge in [0, 0.05) is 18.1 Å². The molecule has 1 amide bonds. The van der Waals surface area contributed by atoms with Crippen molar-refractivity contribution in [1.29, 1.82) is 0 Å². The fourth-order valence-corrected chi connectivity index (χ4v) is 3.43. The lowest BCUT2D eigenvalue weighted by atomic mass is 10.3. The van der Waals surface area contributed by atoms with Gasteiger partial charge in [-0.3, -0.25) is 4.79 Å². The molecule has 2 heterocycles. The van der Waals surface area contributed by atoms with Crippen LogP contribution < -0.4 is 4.90 Å². The molecule has 0 fully saturated rings. The van der Waals surface area contributed by atoms with Crippen LogP contribution in [-0.2, 0) is 0 Å². The largest absolute Gasteiger partial charge is 0.310 e. The lowest BCUT2D eigenvalue weighted by Crippen LogP contribution is -2.26. The Morgan fingerprint density at radius 3 is 2.60 bits per heavy atom. The highest BCUT2D eigenvalue weighted by Crippen LogP contribution is 2.28. The van der Waals surface area contributed by atoms with Crippen LogP contribution in [0.15, 0.2) is 53.2 Å². The molecule has 0 atom stereocenters. The summed E-state index contributed by atoms with van der Waals surface area (Å²) in [4.78, 5) is 19.6. The molecule has 0 aliphatic heterocycles. The van der Waals surface area contributed by atoms with E-state index >= 15 is 0 Å². The zero-order chi connectivity index (χ0) is 13.9. The van der Waals surface area contributed by atoms with Crippen LogP contribution >= 0.6 is 22.7 Å². The minimum Gasteiger partial charge on any atom is -0.310 e. The number of nitrogens with zero attached hydrogens (tertiary/aromatic N) is 2. The van der Waals surface area contributed by atoms with E-state index in [9.17, 15) is 4.79 Å². The maximum atomic E-state index is 12.4. The van der Waals surface area contributed by atoms with Gasteiger partial charge in [-0.25, -0.2) is 4.98 Å². The van der Waals surface area contributed by atoms with Gasteiger partial charge in [0.2, 0.25) is 0 Å². The molecule has 0 aliphatic carbocycles. The Morgan fingerprint density at radius 2 is 1.90 bits per heavy atom. The van der Waals surface area contributed by atoms with Crippen molar-refractivity contribution < 1.29 is 4.79 Å². The van der Waals surface area contributed by atoms with Gasteiger partial charge in [0.05, 0.1) is 4.88 Å². The Kier molecular flexibility index (Phi) is 3.62. The molecule has 0 N–H and O–H groups in total. The van der Waals surface area contributed by atoms with Crippen LogP contribution in [0, 0.1) is 0 Å². The average Bonchev–Trinajstić information content (AvgIpc) is 3.17. The molecule has 2 aromatic heterocycles. The number of rotatable bonds is 3. The van der Waals surface area contributed by atoms with Gasteiger partial charge < -0.3 is 4.90 Å². The lowest BCUT2D eigenvalue weighted by Gasteiger charge is -2.15. The first-order valence-corrected chi connectivity index (χ1v) is 7.84. The number of amides is 1. The number of aromatic nitrogens is 1. The van der Waals surface area contributed by atoms with Gasteiger partial charge in [-0.2, -0.15) is 0 Å². The van der Waals surface area contributed by atoms with Crippen LogP contribution in [0.2, 0.25) is 0 Å². The molecular formula is C15H12N2OS2. The fourth-order valence-electron chi connectivity index (χ4n) is 1.83. The number of anilines is 1. The smallest absolute Gasteiger partial charge is 0.277 e. The summed E-state index contributed by atoms with van der Waals surface area (Å²) >= 11 is 3.13. The van der Waals surface area contributed by atoms with Crippen LogP contribution in [0.5, 0.6) is 0 Å². The summed E-state index contributed by atoms with van der Waals surface area (Å²) in [5.41, 5.74) is 1.35. The minimum atomic E-state index is -0.0877. The van der Waals surface area contributed by atoms with E-state index in [-0.39, 0.29) is 5.91 Å². The number of thiazole rings is 1. The van der Waals surface area contributed by atoms with E-state index in [2.05, 4.69) is 4.98 Å². The Hall–Kier alpha value is -1.98. The standard InChI is InChI=1S/C15H12N2OS2/c1-17(11-6-3-2-4-7-11)15(18)12-10-20-14(16-12)13-8-5-9-19-13/h2-10H,1H3. The minimum absolute atomic E-state index is 0.0877. The number of benzene rings is 1. The highest BCUT2D eigenvalue weighted by Gasteiger charge is 2.17. The summed E-state index contributed by atoms with van der Waals surface area (Å²) in [6.45, 7) is 0. The number of hydrogen-bond donors (Lipinski definition) is 0. The average molecular weight is 300 g/mol. The summed E-state index contributed by atoms with van der Waals surface area (Å²) in [5.74, 6) is -0.0877. The summed E-state index contributed by atoms with van der Waals surface area (Å²) < 4.78 is 0. The number of hydrogen-bond acceptors (Lipinski definition) is 4. The van der Waals surface area contributed by atoms with Crippen molar-refractivity contribution in [2.24, 2.45) is 0 Å². The molecule has 0 saturated heterocycles. The van der Waals surface area contributed by atoms with Gasteiger partial charge in [-0.1, -0.05) is 24.3 Å². The van der Waals surface area contributed by atoms with Gasteiger partial charge in [0.25, 0.3) is 5.91 Å². The van der Waals surface area contributed by atoms with Gasteiger partial charge >= 0.3 is 0 Å². The van der Waals surface area contributed by atoms with Crippen molar-refractivity contribution >= 4 is 34.3 Å². The van der Waals surface area contributed by atoms with Gasteiger partial charge in [-0.05, 0) is 23.6 Å².